The van der Waals surface area contributed by atoms with Crippen LogP contribution in [0.4, 0.5) is 0 Å². The zero-order valence-electron chi connectivity index (χ0n) is 13.7. The van der Waals surface area contributed by atoms with E-state index < -0.39 is 11.4 Å². The highest BCUT2D eigenvalue weighted by atomic mass is 16.7. The molecular formula is C17H32O3. The predicted octanol–water partition coefficient (Wildman–Crippen LogP) is 4.19. The van der Waals surface area contributed by atoms with Crippen LogP contribution in [0.2, 0.25) is 0 Å². The van der Waals surface area contributed by atoms with Gasteiger partial charge < -0.3 is 14.6 Å². The summed E-state index contributed by atoms with van der Waals surface area (Å²) in [6.07, 6.45) is 9.44. The van der Waals surface area contributed by atoms with E-state index in [1.165, 1.54) is 25.7 Å². The van der Waals surface area contributed by atoms with Gasteiger partial charge >= 0.3 is 0 Å². The molecule has 0 bridgehead atoms. The van der Waals surface area contributed by atoms with Gasteiger partial charge in [-0.1, -0.05) is 45.1 Å². The molecule has 118 valence electrons. The molecule has 3 nitrogen and oxygen atoms in total. The maximum Gasteiger partial charge on any atom is 0.163 e. The van der Waals surface area contributed by atoms with Crippen molar-refractivity contribution < 1.29 is 14.6 Å². The molecule has 0 unspecified atom stereocenters. The lowest BCUT2D eigenvalue weighted by Crippen LogP contribution is -2.33. The minimum absolute atomic E-state index is 0.0517. The second kappa shape index (κ2) is 7.58. The number of hydrogen-bond acceptors (Lipinski definition) is 3. The fourth-order valence-electron chi connectivity index (χ4n) is 2.77. The second-order valence-electron chi connectivity index (χ2n) is 6.68. The van der Waals surface area contributed by atoms with E-state index in [2.05, 4.69) is 13.5 Å². The van der Waals surface area contributed by atoms with Crippen LogP contribution in [0.1, 0.15) is 72.6 Å². The van der Waals surface area contributed by atoms with E-state index in [4.69, 9.17) is 9.47 Å². The quantitative estimate of drug-likeness (QED) is 0.509. The Kier molecular flexibility index (Phi) is 6.70. The smallest absolute Gasteiger partial charge is 0.163 e. The summed E-state index contributed by atoms with van der Waals surface area (Å²) in [5, 5.41) is 10.2. The fourth-order valence-corrected chi connectivity index (χ4v) is 2.77. The standard InChI is InChI=1S/C17H32O3/c1-6-8-9-10-11-12-14-15(13-17(5,18)7-2)20-16(3,4)19-14/h7,14-15,18H,2,6,8-13H2,1,3-5H3/t14-,15-,17+/m1/s1. The van der Waals surface area contributed by atoms with Gasteiger partial charge in [-0.15, -0.1) is 6.58 Å². The van der Waals surface area contributed by atoms with Gasteiger partial charge in [-0.25, -0.2) is 0 Å². The molecule has 1 fully saturated rings. The molecular weight excluding hydrogens is 252 g/mol. The van der Waals surface area contributed by atoms with Gasteiger partial charge in [-0.2, -0.15) is 0 Å². The van der Waals surface area contributed by atoms with Crippen molar-refractivity contribution in [3.8, 4) is 0 Å². The average molecular weight is 284 g/mol. The molecule has 0 radical (unpaired) electrons. The van der Waals surface area contributed by atoms with Crippen LogP contribution in [-0.2, 0) is 9.47 Å². The molecule has 1 aliphatic heterocycles. The highest BCUT2D eigenvalue weighted by Gasteiger charge is 2.42. The van der Waals surface area contributed by atoms with Crippen molar-refractivity contribution in [3.63, 3.8) is 0 Å². The van der Waals surface area contributed by atoms with Crippen LogP contribution in [0, 0.1) is 0 Å². The highest BCUT2D eigenvalue weighted by molar-refractivity contribution is 4.96. The molecule has 1 aliphatic rings. The number of hydrogen-bond donors (Lipinski definition) is 1. The van der Waals surface area contributed by atoms with Gasteiger partial charge in [0.1, 0.15) is 0 Å². The molecule has 3 heteroatoms. The van der Waals surface area contributed by atoms with Crippen LogP contribution < -0.4 is 0 Å². The first-order valence-electron chi connectivity index (χ1n) is 8.01. The lowest BCUT2D eigenvalue weighted by Gasteiger charge is -2.25. The van der Waals surface area contributed by atoms with Crippen molar-refractivity contribution >= 4 is 0 Å². The molecule has 1 rings (SSSR count). The van der Waals surface area contributed by atoms with Gasteiger partial charge in [0, 0.05) is 6.42 Å². The van der Waals surface area contributed by atoms with E-state index in [0.717, 1.165) is 12.8 Å². The Morgan fingerprint density at radius 1 is 1.15 bits per heavy atom. The topological polar surface area (TPSA) is 38.7 Å². The summed E-state index contributed by atoms with van der Waals surface area (Å²) in [6, 6.07) is 0. The van der Waals surface area contributed by atoms with E-state index in [-0.39, 0.29) is 12.2 Å². The molecule has 0 saturated carbocycles. The summed E-state index contributed by atoms with van der Waals surface area (Å²) < 4.78 is 11.9. The second-order valence-corrected chi connectivity index (χ2v) is 6.68. The predicted molar refractivity (Wildman–Crippen MR) is 82.6 cm³/mol. The van der Waals surface area contributed by atoms with E-state index in [1.807, 2.05) is 13.8 Å². The van der Waals surface area contributed by atoms with E-state index in [1.54, 1.807) is 13.0 Å². The first kappa shape index (κ1) is 17.7. The third-order valence-electron chi connectivity index (χ3n) is 3.93. The van der Waals surface area contributed by atoms with E-state index >= 15 is 0 Å². The monoisotopic (exact) mass is 284 g/mol. The van der Waals surface area contributed by atoms with Crippen LogP contribution in [0.5, 0.6) is 0 Å². The Morgan fingerprint density at radius 3 is 2.35 bits per heavy atom. The zero-order chi connectivity index (χ0) is 15.2. The number of rotatable bonds is 9. The van der Waals surface area contributed by atoms with Gasteiger partial charge in [0.2, 0.25) is 0 Å². The van der Waals surface area contributed by atoms with Crippen LogP contribution >= 0.6 is 0 Å². The Bertz CT molecular complexity index is 297. The number of unbranched alkanes of at least 4 members (excludes halogenated alkanes) is 4. The van der Waals surface area contributed by atoms with Crippen LogP contribution in [0.25, 0.3) is 0 Å². The van der Waals surface area contributed by atoms with Crippen molar-refractivity contribution in [3.05, 3.63) is 12.7 Å². The molecule has 20 heavy (non-hydrogen) atoms. The molecule has 0 aromatic heterocycles. The van der Waals surface area contributed by atoms with Crippen molar-refractivity contribution in [2.24, 2.45) is 0 Å². The van der Waals surface area contributed by atoms with Crippen molar-refractivity contribution in [2.45, 2.75) is 96.2 Å². The largest absolute Gasteiger partial charge is 0.386 e. The minimum atomic E-state index is -0.894. The van der Waals surface area contributed by atoms with Crippen LogP contribution in [-0.4, -0.2) is 28.7 Å². The zero-order valence-corrected chi connectivity index (χ0v) is 13.7. The van der Waals surface area contributed by atoms with E-state index in [0.29, 0.717) is 6.42 Å². The van der Waals surface area contributed by atoms with Crippen molar-refractivity contribution in [1.29, 1.82) is 0 Å². The Morgan fingerprint density at radius 2 is 1.75 bits per heavy atom. The molecule has 1 saturated heterocycles. The maximum atomic E-state index is 10.2. The van der Waals surface area contributed by atoms with Gasteiger partial charge in [0.05, 0.1) is 17.8 Å². The van der Waals surface area contributed by atoms with Gasteiger partial charge in [-0.3, -0.25) is 0 Å². The van der Waals surface area contributed by atoms with Crippen molar-refractivity contribution in [1.82, 2.24) is 0 Å². The first-order chi connectivity index (χ1) is 9.29. The number of ether oxygens (including phenoxy) is 2. The summed E-state index contributed by atoms with van der Waals surface area (Å²) in [5.74, 6) is -0.546. The van der Waals surface area contributed by atoms with Gasteiger partial charge in [-0.05, 0) is 27.2 Å². The third-order valence-corrected chi connectivity index (χ3v) is 3.93. The summed E-state index contributed by atoms with van der Waals surface area (Å²) >= 11 is 0. The molecule has 1 N–H and O–H groups in total. The molecule has 0 spiro atoms. The van der Waals surface area contributed by atoms with Crippen LogP contribution in [0.15, 0.2) is 12.7 Å². The van der Waals surface area contributed by atoms with Gasteiger partial charge in [0.15, 0.2) is 5.79 Å². The Balaban J connectivity index is 2.46. The van der Waals surface area contributed by atoms with Crippen LogP contribution in [0.3, 0.4) is 0 Å². The normalized spacial score (nSPS) is 28.2. The molecule has 0 aliphatic carbocycles. The average Bonchev–Trinajstić information content (AvgIpc) is 2.63. The molecule has 3 atom stereocenters. The summed E-state index contributed by atoms with van der Waals surface area (Å²) in [6.45, 7) is 11.6. The Hall–Kier alpha value is -0.380. The molecule has 0 aromatic carbocycles. The third kappa shape index (κ3) is 5.94. The first-order valence-corrected chi connectivity index (χ1v) is 8.01. The lowest BCUT2D eigenvalue weighted by atomic mass is 9.93. The summed E-state index contributed by atoms with van der Waals surface area (Å²) in [5.41, 5.74) is -0.894. The maximum absolute atomic E-state index is 10.2. The molecule has 1 heterocycles. The van der Waals surface area contributed by atoms with Crippen molar-refractivity contribution in [2.75, 3.05) is 0 Å². The number of aliphatic hydroxyl groups is 1. The fraction of sp³-hybridized carbons (Fsp3) is 0.882. The highest BCUT2D eigenvalue weighted by Crippen LogP contribution is 2.35. The minimum Gasteiger partial charge on any atom is -0.386 e. The summed E-state index contributed by atoms with van der Waals surface area (Å²) in [7, 11) is 0. The van der Waals surface area contributed by atoms with Gasteiger partial charge in [0.25, 0.3) is 0 Å². The summed E-state index contributed by atoms with van der Waals surface area (Å²) in [4.78, 5) is 0. The lowest BCUT2D eigenvalue weighted by molar-refractivity contribution is -0.149. The SMILES string of the molecule is C=C[C@](C)(O)C[C@H]1OC(C)(C)O[C@@H]1CCCCCCC. The molecule has 0 aromatic rings. The Labute approximate surface area is 124 Å². The van der Waals surface area contributed by atoms with E-state index in [9.17, 15) is 5.11 Å². The molecule has 0 amide bonds.